The first-order valence-electron chi connectivity index (χ1n) is 5.78. The molecule has 0 fully saturated rings. The standard InChI is InChI=1S/C14H15Br2NO/c1-13(2)9-11(18)8-12(14(13,15)16)17-10-6-4-3-5-7-10/h3-8,17H,9H2,1-2H3. The van der Waals surface area contributed by atoms with Crippen molar-refractivity contribution >= 4 is 43.3 Å². The zero-order valence-corrected chi connectivity index (χ0v) is 13.5. The van der Waals surface area contributed by atoms with Crippen molar-refractivity contribution in [3.63, 3.8) is 0 Å². The zero-order valence-electron chi connectivity index (χ0n) is 10.3. The van der Waals surface area contributed by atoms with Crippen LogP contribution in [0, 0.1) is 5.41 Å². The molecule has 1 N–H and O–H groups in total. The van der Waals surface area contributed by atoms with Gasteiger partial charge in [0.1, 0.15) is 3.23 Å². The number of carbonyl (C=O) groups excluding carboxylic acids is 1. The third kappa shape index (κ3) is 2.54. The highest BCUT2D eigenvalue weighted by molar-refractivity contribution is 9.25. The summed E-state index contributed by atoms with van der Waals surface area (Å²) in [6, 6.07) is 9.84. The number of nitrogens with one attached hydrogen (secondary N) is 1. The van der Waals surface area contributed by atoms with Gasteiger partial charge < -0.3 is 5.32 Å². The van der Waals surface area contributed by atoms with Crippen molar-refractivity contribution in [2.75, 3.05) is 5.32 Å². The average molecular weight is 373 g/mol. The molecule has 1 aromatic carbocycles. The van der Waals surface area contributed by atoms with Crippen LogP contribution in [0.25, 0.3) is 0 Å². The Bertz CT molecular complexity index is 492. The SMILES string of the molecule is CC1(C)CC(=O)C=C(Nc2ccccc2)C1(Br)Br. The fraction of sp³-hybridized carbons (Fsp3) is 0.357. The van der Waals surface area contributed by atoms with Gasteiger partial charge in [-0.15, -0.1) is 0 Å². The molecular formula is C14H15Br2NO. The summed E-state index contributed by atoms with van der Waals surface area (Å²) >= 11 is 7.40. The molecule has 4 heteroatoms. The Morgan fingerprint density at radius 2 is 1.78 bits per heavy atom. The van der Waals surface area contributed by atoms with E-state index >= 15 is 0 Å². The second-order valence-corrected chi connectivity index (χ2v) is 8.59. The maximum absolute atomic E-state index is 11.8. The number of halogens is 2. The first kappa shape index (κ1) is 13.8. The lowest BCUT2D eigenvalue weighted by atomic mass is 9.78. The molecule has 0 radical (unpaired) electrons. The minimum absolute atomic E-state index is 0.146. The number of benzene rings is 1. The van der Waals surface area contributed by atoms with E-state index in [0.29, 0.717) is 6.42 Å². The van der Waals surface area contributed by atoms with E-state index in [0.717, 1.165) is 11.4 Å². The zero-order chi connectivity index (χ0) is 13.4. The number of hydrogen-bond donors (Lipinski definition) is 1. The van der Waals surface area contributed by atoms with Crippen molar-refractivity contribution in [3.05, 3.63) is 42.1 Å². The molecule has 0 aromatic heterocycles. The number of rotatable bonds is 2. The summed E-state index contributed by atoms with van der Waals surface area (Å²) in [5, 5.41) is 3.30. The van der Waals surface area contributed by atoms with Crippen LogP contribution in [0.2, 0.25) is 0 Å². The molecule has 2 nitrogen and oxygen atoms in total. The average Bonchev–Trinajstić information content (AvgIpc) is 2.27. The van der Waals surface area contributed by atoms with Crippen molar-refractivity contribution in [3.8, 4) is 0 Å². The molecule has 0 aliphatic heterocycles. The molecule has 2 rings (SSSR count). The first-order valence-corrected chi connectivity index (χ1v) is 7.36. The lowest BCUT2D eigenvalue weighted by molar-refractivity contribution is -0.117. The molecule has 0 unspecified atom stereocenters. The van der Waals surface area contributed by atoms with Crippen LogP contribution in [0.5, 0.6) is 0 Å². The third-order valence-corrected chi connectivity index (χ3v) is 6.16. The number of carbonyl (C=O) groups is 1. The van der Waals surface area contributed by atoms with Crippen molar-refractivity contribution in [1.29, 1.82) is 0 Å². The third-order valence-electron chi connectivity index (χ3n) is 3.16. The van der Waals surface area contributed by atoms with E-state index in [1.165, 1.54) is 0 Å². The maximum atomic E-state index is 11.8. The summed E-state index contributed by atoms with van der Waals surface area (Å²) < 4.78 is -0.420. The smallest absolute Gasteiger partial charge is 0.158 e. The minimum Gasteiger partial charge on any atom is -0.357 e. The van der Waals surface area contributed by atoms with Crippen LogP contribution in [0.1, 0.15) is 20.3 Å². The quantitative estimate of drug-likeness (QED) is 0.776. The molecule has 0 amide bonds. The molecule has 0 saturated carbocycles. The molecule has 0 spiro atoms. The number of alkyl halides is 2. The van der Waals surface area contributed by atoms with Crippen molar-refractivity contribution in [2.24, 2.45) is 5.41 Å². The normalized spacial score (nSPS) is 21.3. The molecule has 1 aromatic rings. The van der Waals surface area contributed by atoms with Gasteiger partial charge in [0, 0.05) is 29.3 Å². The Hall–Kier alpha value is -0.610. The maximum Gasteiger partial charge on any atom is 0.158 e. The van der Waals surface area contributed by atoms with E-state index in [4.69, 9.17) is 0 Å². The first-order chi connectivity index (χ1) is 8.33. The monoisotopic (exact) mass is 371 g/mol. The van der Waals surface area contributed by atoms with Gasteiger partial charge in [-0.2, -0.15) is 0 Å². The molecule has 18 heavy (non-hydrogen) atoms. The molecule has 1 aliphatic carbocycles. The van der Waals surface area contributed by atoms with Gasteiger partial charge in [-0.25, -0.2) is 0 Å². The Balaban J connectivity index is 2.34. The summed E-state index contributed by atoms with van der Waals surface area (Å²) in [5.41, 5.74) is 1.61. The van der Waals surface area contributed by atoms with Gasteiger partial charge in [0.05, 0.1) is 0 Å². The molecule has 96 valence electrons. The van der Waals surface area contributed by atoms with Crippen LogP contribution < -0.4 is 5.32 Å². The number of anilines is 1. The van der Waals surface area contributed by atoms with Crippen molar-refractivity contribution in [1.82, 2.24) is 0 Å². The van der Waals surface area contributed by atoms with Gasteiger partial charge in [-0.1, -0.05) is 63.9 Å². The highest BCUT2D eigenvalue weighted by Crippen LogP contribution is 2.53. The van der Waals surface area contributed by atoms with Crippen LogP contribution in [-0.4, -0.2) is 9.02 Å². The molecule has 0 atom stereocenters. The molecule has 0 saturated heterocycles. The summed E-state index contributed by atoms with van der Waals surface area (Å²) in [6.07, 6.45) is 2.19. The topological polar surface area (TPSA) is 29.1 Å². The molecule has 1 aliphatic rings. The largest absolute Gasteiger partial charge is 0.357 e. The van der Waals surface area contributed by atoms with Gasteiger partial charge in [0.15, 0.2) is 5.78 Å². The van der Waals surface area contributed by atoms with Crippen molar-refractivity contribution in [2.45, 2.75) is 23.5 Å². The summed E-state index contributed by atoms with van der Waals surface area (Å²) in [6.45, 7) is 4.13. The number of para-hydroxylation sites is 1. The van der Waals surface area contributed by atoms with Crippen LogP contribution in [-0.2, 0) is 4.79 Å². The second kappa shape index (κ2) is 4.82. The van der Waals surface area contributed by atoms with E-state index in [9.17, 15) is 4.79 Å². The van der Waals surface area contributed by atoms with E-state index in [1.807, 2.05) is 30.3 Å². The lowest BCUT2D eigenvalue weighted by Gasteiger charge is -2.42. The number of hydrogen-bond acceptors (Lipinski definition) is 2. The van der Waals surface area contributed by atoms with E-state index < -0.39 is 3.23 Å². The fourth-order valence-corrected chi connectivity index (χ4v) is 2.71. The Morgan fingerprint density at radius 3 is 2.39 bits per heavy atom. The summed E-state index contributed by atoms with van der Waals surface area (Å²) in [5.74, 6) is 0.146. The number of allylic oxidation sites excluding steroid dienone is 2. The molecule has 0 bridgehead atoms. The molecular weight excluding hydrogens is 358 g/mol. The predicted molar refractivity (Wildman–Crippen MR) is 82.1 cm³/mol. The van der Waals surface area contributed by atoms with Gasteiger partial charge >= 0.3 is 0 Å². The fourth-order valence-electron chi connectivity index (χ4n) is 2.01. The summed E-state index contributed by atoms with van der Waals surface area (Å²) in [7, 11) is 0. The molecule has 0 heterocycles. The summed E-state index contributed by atoms with van der Waals surface area (Å²) in [4.78, 5) is 11.8. The van der Waals surface area contributed by atoms with Crippen LogP contribution in [0.15, 0.2) is 42.1 Å². The Morgan fingerprint density at radius 1 is 1.17 bits per heavy atom. The van der Waals surface area contributed by atoms with Gasteiger partial charge in [-0.3, -0.25) is 4.79 Å². The van der Waals surface area contributed by atoms with Gasteiger partial charge in [0.25, 0.3) is 0 Å². The minimum atomic E-state index is -0.420. The Kier molecular flexibility index (Phi) is 3.70. The highest BCUT2D eigenvalue weighted by atomic mass is 79.9. The van der Waals surface area contributed by atoms with E-state index in [2.05, 4.69) is 51.0 Å². The second-order valence-electron chi connectivity index (χ2n) is 5.15. The van der Waals surface area contributed by atoms with Crippen LogP contribution in [0.3, 0.4) is 0 Å². The van der Waals surface area contributed by atoms with Crippen LogP contribution in [0.4, 0.5) is 5.69 Å². The van der Waals surface area contributed by atoms with Gasteiger partial charge in [0.2, 0.25) is 0 Å². The van der Waals surface area contributed by atoms with E-state index in [-0.39, 0.29) is 11.2 Å². The van der Waals surface area contributed by atoms with E-state index in [1.54, 1.807) is 6.08 Å². The lowest BCUT2D eigenvalue weighted by Crippen LogP contribution is -2.42. The van der Waals surface area contributed by atoms with Crippen LogP contribution >= 0.6 is 31.9 Å². The van der Waals surface area contributed by atoms with Crippen molar-refractivity contribution < 1.29 is 4.79 Å². The van der Waals surface area contributed by atoms with Gasteiger partial charge in [-0.05, 0) is 12.1 Å². The Labute approximate surface area is 124 Å². The highest BCUT2D eigenvalue weighted by Gasteiger charge is 2.48. The predicted octanol–water partition coefficient (Wildman–Crippen LogP) is 4.47. The number of ketones is 1.